The Hall–Kier alpha value is -2.76. The molecule has 1 amide bonds. The van der Waals surface area contributed by atoms with Gasteiger partial charge in [0.15, 0.2) is 0 Å². The number of carbonyl (C=O) groups is 2. The molecule has 1 N–H and O–H groups in total. The van der Waals surface area contributed by atoms with Crippen molar-refractivity contribution in [1.82, 2.24) is 10.2 Å². The number of rotatable bonds is 2. The van der Waals surface area contributed by atoms with Crippen LogP contribution < -0.4 is 4.90 Å². The van der Waals surface area contributed by atoms with E-state index in [1.165, 1.54) is 18.8 Å². The molecular formula is C19H19N3O3. The predicted molar refractivity (Wildman–Crippen MR) is 91.9 cm³/mol. The highest BCUT2D eigenvalue weighted by Crippen LogP contribution is 2.49. The van der Waals surface area contributed by atoms with Gasteiger partial charge in [0.2, 0.25) is 0 Å². The number of amides is 1. The summed E-state index contributed by atoms with van der Waals surface area (Å²) in [4.78, 5) is 26.2. The molecule has 1 saturated carbocycles. The molecule has 128 valence electrons. The molecule has 1 fully saturated rings. The molecule has 4 rings (SSSR count). The molecule has 1 spiro atoms. The third-order valence-corrected chi connectivity index (χ3v) is 5.45. The summed E-state index contributed by atoms with van der Waals surface area (Å²) in [7, 11) is 0. The highest BCUT2D eigenvalue weighted by atomic mass is 16.4. The first kappa shape index (κ1) is 15.7. The molecule has 1 aromatic carbocycles. The summed E-state index contributed by atoms with van der Waals surface area (Å²) >= 11 is 0. The number of aromatic nitrogens is 2. The zero-order valence-corrected chi connectivity index (χ0v) is 13.8. The minimum atomic E-state index is -0.933. The molecule has 25 heavy (non-hydrogen) atoms. The van der Waals surface area contributed by atoms with E-state index < -0.39 is 5.97 Å². The summed E-state index contributed by atoms with van der Waals surface area (Å²) in [5, 5.41) is 16.9. The van der Waals surface area contributed by atoms with Gasteiger partial charge >= 0.3 is 5.97 Å². The fourth-order valence-electron chi connectivity index (χ4n) is 4.21. The van der Waals surface area contributed by atoms with E-state index in [4.69, 9.17) is 0 Å². The van der Waals surface area contributed by atoms with Crippen LogP contribution in [0.1, 0.15) is 58.4 Å². The molecule has 1 aromatic heterocycles. The first-order valence-corrected chi connectivity index (χ1v) is 8.57. The molecule has 0 saturated heterocycles. The van der Waals surface area contributed by atoms with Crippen molar-refractivity contribution in [2.75, 3.05) is 11.4 Å². The molecule has 1 aliphatic carbocycles. The number of benzene rings is 1. The van der Waals surface area contributed by atoms with E-state index in [-0.39, 0.29) is 16.9 Å². The first-order valence-electron chi connectivity index (χ1n) is 8.57. The Kier molecular flexibility index (Phi) is 3.75. The van der Waals surface area contributed by atoms with Crippen molar-refractivity contribution in [3.8, 4) is 0 Å². The summed E-state index contributed by atoms with van der Waals surface area (Å²) in [6.07, 6.45) is 8.36. The first-order chi connectivity index (χ1) is 12.1. The van der Waals surface area contributed by atoms with Crippen LogP contribution >= 0.6 is 0 Å². The maximum absolute atomic E-state index is 13.0. The Morgan fingerprint density at radius 1 is 1.04 bits per heavy atom. The van der Waals surface area contributed by atoms with E-state index in [1.807, 2.05) is 0 Å². The Balaban J connectivity index is 1.79. The maximum atomic E-state index is 13.0. The number of hydrogen-bond acceptors (Lipinski definition) is 4. The van der Waals surface area contributed by atoms with Crippen LogP contribution in [0.5, 0.6) is 0 Å². The zero-order chi connectivity index (χ0) is 17.4. The number of carboxylic acid groups (broad SMARTS) is 1. The van der Waals surface area contributed by atoms with Crippen LogP contribution in [0.3, 0.4) is 0 Å². The quantitative estimate of drug-likeness (QED) is 0.910. The lowest BCUT2D eigenvalue weighted by molar-refractivity contribution is 0.0696. The molecule has 6 nitrogen and oxygen atoms in total. The highest BCUT2D eigenvalue weighted by Gasteiger charge is 2.45. The van der Waals surface area contributed by atoms with Gasteiger partial charge in [-0.3, -0.25) is 4.79 Å². The molecule has 2 aliphatic rings. The van der Waals surface area contributed by atoms with Crippen LogP contribution in [0.4, 0.5) is 5.69 Å². The average molecular weight is 337 g/mol. The van der Waals surface area contributed by atoms with Gasteiger partial charge in [-0.2, -0.15) is 10.2 Å². The highest BCUT2D eigenvalue weighted by molar-refractivity contribution is 6.07. The number of aromatic carboxylic acids is 1. The average Bonchev–Trinajstić information content (AvgIpc) is 2.96. The van der Waals surface area contributed by atoms with Crippen LogP contribution in [0.15, 0.2) is 36.7 Å². The molecule has 0 bridgehead atoms. The van der Waals surface area contributed by atoms with Crippen molar-refractivity contribution in [2.24, 2.45) is 0 Å². The van der Waals surface area contributed by atoms with E-state index in [0.717, 1.165) is 36.9 Å². The predicted octanol–water partition coefficient (Wildman–Crippen LogP) is 3.04. The van der Waals surface area contributed by atoms with Gasteiger partial charge < -0.3 is 10.0 Å². The van der Waals surface area contributed by atoms with Crippen molar-refractivity contribution < 1.29 is 14.7 Å². The van der Waals surface area contributed by atoms with Crippen molar-refractivity contribution >= 4 is 17.6 Å². The van der Waals surface area contributed by atoms with E-state index in [0.29, 0.717) is 12.1 Å². The summed E-state index contributed by atoms with van der Waals surface area (Å²) in [5.41, 5.74) is 2.48. The fraction of sp³-hybridized carbons (Fsp3) is 0.368. The van der Waals surface area contributed by atoms with Crippen molar-refractivity contribution in [3.63, 3.8) is 0 Å². The van der Waals surface area contributed by atoms with Gasteiger partial charge in [-0.05, 0) is 42.7 Å². The number of hydrogen-bond donors (Lipinski definition) is 1. The van der Waals surface area contributed by atoms with Crippen molar-refractivity contribution in [1.29, 1.82) is 0 Å². The second kappa shape index (κ2) is 5.95. The smallest absolute Gasteiger partial charge is 0.335 e. The molecule has 0 radical (unpaired) electrons. The van der Waals surface area contributed by atoms with Crippen LogP contribution in [0.2, 0.25) is 0 Å². The second-order valence-corrected chi connectivity index (χ2v) is 6.90. The fourth-order valence-corrected chi connectivity index (χ4v) is 4.21. The lowest BCUT2D eigenvalue weighted by Crippen LogP contribution is -2.38. The monoisotopic (exact) mass is 337 g/mol. The normalized spacial score (nSPS) is 18.2. The topological polar surface area (TPSA) is 83.4 Å². The third-order valence-electron chi connectivity index (χ3n) is 5.45. The standard InChI is InChI=1S/C19H19N3O3/c23-17(14-6-9-20-21-11-14)22-12-19(7-2-1-3-8-19)15-10-13(18(24)25)4-5-16(15)22/h4-6,9-11H,1-3,7-8,12H2,(H,24,25). The summed E-state index contributed by atoms with van der Waals surface area (Å²) in [6.45, 7) is 0.604. The van der Waals surface area contributed by atoms with Gasteiger partial charge in [0.1, 0.15) is 0 Å². The molecular weight excluding hydrogens is 318 g/mol. The van der Waals surface area contributed by atoms with E-state index in [2.05, 4.69) is 10.2 Å². The SMILES string of the molecule is O=C(O)c1ccc2c(c1)C1(CCCCC1)CN2C(=O)c1ccnnc1. The van der Waals surface area contributed by atoms with Gasteiger partial charge in [0.05, 0.1) is 23.5 Å². The Bertz CT molecular complexity index is 829. The Morgan fingerprint density at radius 2 is 1.84 bits per heavy atom. The Labute approximate surface area is 145 Å². The van der Waals surface area contributed by atoms with Gasteiger partial charge in [-0.1, -0.05) is 19.3 Å². The molecule has 0 atom stereocenters. The van der Waals surface area contributed by atoms with Gasteiger partial charge in [-0.25, -0.2) is 4.79 Å². The summed E-state index contributed by atoms with van der Waals surface area (Å²) < 4.78 is 0. The summed E-state index contributed by atoms with van der Waals surface area (Å²) in [6, 6.07) is 6.77. The molecule has 2 heterocycles. The molecule has 1 aliphatic heterocycles. The largest absolute Gasteiger partial charge is 0.478 e. The van der Waals surface area contributed by atoms with E-state index in [9.17, 15) is 14.7 Å². The van der Waals surface area contributed by atoms with Gasteiger partial charge in [-0.15, -0.1) is 0 Å². The lowest BCUT2D eigenvalue weighted by Gasteiger charge is -2.34. The van der Waals surface area contributed by atoms with Gasteiger partial charge in [0, 0.05) is 17.6 Å². The number of carboxylic acids is 1. The van der Waals surface area contributed by atoms with Crippen LogP contribution in [0, 0.1) is 0 Å². The minimum absolute atomic E-state index is 0.110. The van der Waals surface area contributed by atoms with Gasteiger partial charge in [0.25, 0.3) is 5.91 Å². The number of fused-ring (bicyclic) bond motifs is 2. The van der Waals surface area contributed by atoms with Crippen LogP contribution in [0.25, 0.3) is 0 Å². The molecule has 0 unspecified atom stereocenters. The lowest BCUT2D eigenvalue weighted by atomic mass is 9.70. The number of nitrogens with zero attached hydrogens (tertiary/aromatic N) is 3. The number of carbonyl (C=O) groups excluding carboxylic acids is 1. The van der Waals surface area contributed by atoms with E-state index >= 15 is 0 Å². The Morgan fingerprint density at radius 3 is 2.52 bits per heavy atom. The van der Waals surface area contributed by atoms with E-state index in [1.54, 1.807) is 29.2 Å². The maximum Gasteiger partial charge on any atom is 0.335 e. The van der Waals surface area contributed by atoms with Crippen LogP contribution in [-0.4, -0.2) is 33.7 Å². The molecule has 6 heteroatoms. The minimum Gasteiger partial charge on any atom is -0.478 e. The second-order valence-electron chi connectivity index (χ2n) is 6.90. The third kappa shape index (κ3) is 2.58. The summed E-state index contributed by atoms with van der Waals surface area (Å²) in [5.74, 6) is -1.04. The number of anilines is 1. The van der Waals surface area contributed by atoms with Crippen molar-refractivity contribution in [3.05, 3.63) is 53.3 Å². The molecule has 2 aromatic rings. The zero-order valence-electron chi connectivity index (χ0n) is 13.8. The van der Waals surface area contributed by atoms with Crippen LogP contribution in [-0.2, 0) is 5.41 Å². The van der Waals surface area contributed by atoms with Crippen molar-refractivity contribution in [2.45, 2.75) is 37.5 Å².